The number of hydrogen-bond acceptors (Lipinski definition) is 3. The van der Waals surface area contributed by atoms with Crippen molar-refractivity contribution in [3.05, 3.63) is 35.4 Å². The number of piperazine rings is 1. The van der Waals surface area contributed by atoms with Crippen molar-refractivity contribution in [2.75, 3.05) is 53.4 Å². The summed E-state index contributed by atoms with van der Waals surface area (Å²) in [6.07, 6.45) is 0. The SMILES string of the molecule is CN(C)CCN1CCN(C(=O)c2ccc(CBr)cc2)CC1. The van der Waals surface area contributed by atoms with Crippen LogP contribution in [0.2, 0.25) is 0 Å². The van der Waals surface area contributed by atoms with Crippen LogP contribution in [0.4, 0.5) is 0 Å². The largest absolute Gasteiger partial charge is 0.336 e. The van der Waals surface area contributed by atoms with E-state index < -0.39 is 0 Å². The Morgan fingerprint density at radius 3 is 2.29 bits per heavy atom. The van der Waals surface area contributed by atoms with E-state index >= 15 is 0 Å². The molecule has 116 valence electrons. The molecule has 1 fully saturated rings. The molecule has 1 heterocycles. The van der Waals surface area contributed by atoms with Crippen molar-refractivity contribution in [2.24, 2.45) is 0 Å². The van der Waals surface area contributed by atoms with Gasteiger partial charge >= 0.3 is 0 Å². The van der Waals surface area contributed by atoms with E-state index in [0.717, 1.165) is 50.2 Å². The fraction of sp³-hybridized carbons (Fsp3) is 0.562. The van der Waals surface area contributed by atoms with Gasteiger partial charge in [0.15, 0.2) is 0 Å². The molecule has 1 saturated heterocycles. The van der Waals surface area contributed by atoms with Crippen molar-refractivity contribution < 1.29 is 4.79 Å². The molecule has 0 saturated carbocycles. The maximum Gasteiger partial charge on any atom is 0.253 e. The average molecular weight is 354 g/mol. The molecule has 21 heavy (non-hydrogen) atoms. The molecular weight excluding hydrogens is 330 g/mol. The van der Waals surface area contributed by atoms with E-state index in [9.17, 15) is 4.79 Å². The van der Waals surface area contributed by atoms with Crippen LogP contribution in [0.5, 0.6) is 0 Å². The molecule has 1 amide bonds. The monoisotopic (exact) mass is 353 g/mol. The number of halogens is 1. The maximum absolute atomic E-state index is 12.5. The Labute approximate surface area is 135 Å². The van der Waals surface area contributed by atoms with Crippen LogP contribution < -0.4 is 0 Å². The fourth-order valence-electron chi connectivity index (χ4n) is 2.43. The lowest BCUT2D eigenvalue weighted by Crippen LogP contribution is -2.49. The first-order chi connectivity index (χ1) is 10.1. The van der Waals surface area contributed by atoms with Gasteiger partial charge in [-0.2, -0.15) is 0 Å². The van der Waals surface area contributed by atoms with Gasteiger partial charge in [0.25, 0.3) is 5.91 Å². The summed E-state index contributed by atoms with van der Waals surface area (Å²) < 4.78 is 0. The molecule has 0 spiro atoms. The summed E-state index contributed by atoms with van der Waals surface area (Å²) in [4.78, 5) is 19.1. The molecule has 1 aromatic rings. The highest BCUT2D eigenvalue weighted by molar-refractivity contribution is 9.08. The predicted octanol–water partition coefficient (Wildman–Crippen LogP) is 1.90. The fourth-order valence-corrected chi connectivity index (χ4v) is 2.81. The van der Waals surface area contributed by atoms with Crippen LogP contribution in [0.1, 0.15) is 15.9 Å². The molecule has 0 bridgehead atoms. The molecule has 4 nitrogen and oxygen atoms in total. The third-order valence-corrected chi connectivity index (χ3v) is 4.53. The van der Waals surface area contributed by atoms with E-state index in [2.05, 4.69) is 39.8 Å². The summed E-state index contributed by atoms with van der Waals surface area (Å²) in [5.41, 5.74) is 1.99. The summed E-state index contributed by atoms with van der Waals surface area (Å²) in [6, 6.07) is 7.87. The Morgan fingerprint density at radius 1 is 1.14 bits per heavy atom. The topological polar surface area (TPSA) is 26.8 Å². The highest BCUT2D eigenvalue weighted by atomic mass is 79.9. The van der Waals surface area contributed by atoms with Crippen molar-refractivity contribution in [1.29, 1.82) is 0 Å². The van der Waals surface area contributed by atoms with Crippen molar-refractivity contribution in [3.8, 4) is 0 Å². The van der Waals surface area contributed by atoms with Crippen LogP contribution in [0.15, 0.2) is 24.3 Å². The summed E-state index contributed by atoms with van der Waals surface area (Å²) in [5, 5.41) is 0.825. The zero-order valence-corrected chi connectivity index (χ0v) is 14.5. The van der Waals surface area contributed by atoms with Gasteiger partial charge in [0.2, 0.25) is 0 Å². The molecule has 1 aromatic carbocycles. The molecule has 2 rings (SSSR count). The van der Waals surface area contributed by atoms with Gasteiger partial charge in [0.1, 0.15) is 0 Å². The number of rotatable bonds is 5. The minimum Gasteiger partial charge on any atom is -0.336 e. The van der Waals surface area contributed by atoms with Crippen molar-refractivity contribution in [1.82, 2.24) is 14.7 Å². The predicted molar refractivity (Wildman–Crippen MR) is 90.0 cm³/mol. The lowest BCUT2D eigenvalue weighted by atomic mass is 10.1. The molecule has 0 unspecified atom stereocenters. The summed E-state index contributed by atoms with van der Waals surface area (Å²) in [7, 11) is 4.19. The smallest absolute Gasteiger partial charge is 0.253 e. The minimum atomic E-state index is 0.156. The first kappa shape index (κ1) is 16.5. The Morgan fingerprint density at radius 2 is 1.76 bits per heavy atom. The van der Waals surface area contributed by atoms with Crippen molar-refractivity contribution in [3.63, 3.8) is 0 Å². The van der Waals surface area contributed by atoms with E-state index in [4.69, 9.17) is 0 Å². The van der Waals surface area contributed by atoms with Gasteiger partial charge in [-0.25, -0.2) is 0 Å². The van der Waals surface area contributed by atoms with Gasteiger partial charge in [-0.3, -0.25) is 9.69 Å². The van der Waals surface area contributed by atoms with Gasteiger partial charge in [-0.1, -0.05) is 28.1 Å². The standard InChI is InChI=1S/C16H24BrN3O/c1-18(2)7-8-19-9-11-20(12-10-19)16(21)15-5-3-14(13-17)4-6-15/h3-6H,7-13H2,1-2H3. The Hall–Kier alpha value is -0.910. The van der Waals surface area contributed by atoms with Crippen LogP contribution >= 0.6 is 15.9 Å². The number of carbonyl (C=O) groups excluding carboxylic acids is 1. The second kappa shape index (κ2) is 7.92. The zero-order chi connectivity index (χ0) is 15.2. The number of benzene rings is 1. The molecule has 1 aliphatic rings. The zero-order valence-electron chi connectivity index (χ0n) is 12.9. The Kier molecular flexibility index (Phi) is 6.21. The van der Waals surface area contributed by atoms with Gasteiger partial charge in [-0.15, -0.1) is 0 Å². The van der Waals surface area contributed by atoms with Crippen LogP contribution in [-0.4, -0.2) is 74.0 Å². The van der Waals surface area contributed by atoms with E-state index in [1.807, 2.05) is 29.2 Å². The Balaban J connectivity index is 1.84. The molecule has 5 heteroatoms. The normalized spacial score (nSPS) is 16.5. The molecular formula is C16H24BrN3O. The average Bonchev–Trinajstić information content (AvgIpc) is 2.53. The molecule has 0 atom stereocenters. The van der Waals surface area contributed by atoms with E-state index in [-0.39, 0.29) is 5.91 Å². The van der Waals surface area contributed by atoms with E-state index in [1.165, 1.54) is 5.56 Å². The highest BCUT2D eigenvalue weighted by Gasteiger charge is 2.21. The van der Waals surface area contributed by atoms with Gasteiger partial charge in [0.05, 0.1) is 0 Å². The summed E-state index contributed by atoms with van der Waals surface area (Å²) in [5.74, 6) is 0.156. The number of carbonyl (C=O) groups is 1. The first-order valence-corrected chi connectivity index (χ1v) is 8.53. The molecule has 0 N–H and O–H groups in total. The third-order valence-electron chi connectivity index (χ3n) is 3.88. The van der Waals surface area contributed by atoms with E-state index in [1.54, 1.807) is 0 Å². The molecule has 1 aliphatic heterocycles. The van der Waals surface area contributed by atoms with Crippen molar-refractivity contribution >= 4 is 21.8 Å². The number of alkyl halides is 1. The summed E-state index contributed by atoms with van der Waals surface area (Å²) >= 11 is 3.42. The molecule has 0 aromatic heterocycles. The van der Waals surface area contributed by atoms with E-state index in [0.29, 0.717) is 0 Å². The van der Waals surface area contributed by atoms with Gasteiger partial charge in [-0.05, 0) is 31.8 Å². The molecule has 0 aliphatic carbocycles. The third kappa shape index (κ3) is 4.80. The van der Waals surface area contributed by atoms with Crippen LogP contribution in [0, 0.1) is 0 Å². The number of likely N-dealkylation sites (N-methyl/N-ethyl adjacent to an activating group) is 1. The number of nitrogens with zero attached hydrogens (tertiary/aromatic N) is 3. The lowest BCUT2D eigenvalue weighted by Gasteiger charge is -2.35. The molecule has 0 radical (unpaired) electrons. The van der Waals surface area contributed by atoms with Gasteiger partial charge < -0.3 is 9.80 Å². The quantitative estimate of drug-likeness (QED) is 0.756. The van der Waals surface area contributed by atoms with Crippen LogP contribution in [-0.2, 0) is 5.33 Å². The lowest BCUT2D eigenvalue weighted by molar-refractivity contribution is 0.0630. The highest BCUT2D eigenvalue weighted by Crippen LogP contribution is 2.12. The minimum absolute atomic E-state index is 0.156. The van der Waals surface area contributed by atoms with Crippen LogP contribution in [0.25, 0.3) is 0 Å². The van der Waals surface area contributed by atoms with Gasteiger partial charge in [0, 0.05) is 50.2 Å². The number of amides is 1. The maximum atomic E-state index is 12.5. The Bertz CT molecular complexity index is 453. The summed E-state index contributed by atoms with van der Waals surface area (Å²) in [6.45, 7) is 5.74. The first-order valence-electron chi connectivity index (χ1n) is 7.41. The van der Waals surface area contributed by atoms with Crippen LogP contribution in [0.3, 0.4) is 0 Å². The number of hydrogen-bond donors (Lipinski definition) is 0. The second-order valence-electron chi connectivity index (χ2n) is 5.77. The second-order valence-corrected chi connectivity index (χ2v) is 6.33. The van der Waals surface area contributed by atoms with Crippen molar-refractivity contribution in [2.45, 2.75) is 5.33 Å².